The highest BCUT2D eigenvalue weighted by molar-refractivity contribution is 7.40. The summed E-state index contributed by atoms with van der Waals surface area (Å²) in [7, 11) is -1.65. The molecule has 0 fully saturated rings. The Bertz CT molecular complexity index is 144. The van der Waals surface area contributed by atoms with E-state index in [1.54, 1.807) is 0 Å². The molecule has 0 amide bonds. The van der Waals surface area contributed by atoms with Crippen LogP contribution in [0.15, 0.2) is 0 Å². The van der Waals surface area contributed by atoms with Gasteiger partial charge < -0.3 is 13.9 Å². The number of hydrogen-bond donors (Lipinski definition) is 1. The molecule has 0 radical (unpaired) electrons. The lowest BCUT2D eigenvalue weighted by molar-refractivity contribution is 0.150. The number of hydrogen-bond acceptors (Lipinski definition) is 3. The van der Waals surface area contributed by atoms with Crippen molar-refractivity contribution in [3.05, 3.63) is 0 Å². The lowest BCUT2D eigenvalue weighted by atomic mass is 10.1. The van der Waals surface area contributed by atoms with Gasteiger partial charge in [0.2, 0.25) is 0 Å². The second-order valence-electron chi connectivity index (χ2n) is 4.16. The Labute approximate surface area is 102 Å². The molecule has 0 aromatic rings. The molecule has 98 valence electrons. The van der Waals surface area contributed by atoms with Gasteiger partial charge in [0.15, 0.2) is 0 Å². The quantitative estimate of drug-likeness (QED) is 0.436. The van der Waals surface area contributed by atoms with Crippen molar-refractivity contribution < 1.29 is 13.9 Å². The summed E-state index contributed by atoms with van der Waals surface area (Å²) in [5, 5.41) is 0. The van der Waals surface area contributed by atoms with Gasteiger partial charge in [-0.25, -0.2) is 0 Å². The molecule has 0 heterocycles. The molecule has 4 heteroatoms. The normalized spacial score (nSPS) is 15.0. The van der Waals surface area contributed by atoms with E-state index in [1.807, 2.05) is 13.8 Å². The topological polar surface area (TPSA) is 38.7 Å². The van der Waals surface area contributed by atoms with E-state index in [9.17, 15) is 4.89 Å². The van der Waals surface area contributed by atoms with Crippen molar-refractivity contribution in [3.63, 3.8) is 0 Å². The summed E-state index contributed by atoms with van der Waals surface area (Å²) >= 11 is 0. The fourth-order valence-electron chi connectivity index (χ4n) is 1.28. The Morgan fingerprint density at radius 3 is 2.31 bits per heavy atom. The van der Waals surface area contributed by atoms with Gasteiger partial charge in [-0.15, -0.1) is 0 Å². The highest BCUT2D eigenvalue weighted by atomic mass is 31.2. The summed E-state index contributed by atoms with van der Waals surface area (Å²) in [5.74, 6) is 0. The lowest BCUT2D eigenvalue weighted by Crippen LogP contribution is -2.03. The van der Waals surface area contributed by atoms with Gasteiger partial charge in [0.05, 0.1) is 12.7 Å². The molecule has 0 aromatic heterocycles. The second-order valence-corrected chi connectivity index (χ2v) is 5.11. The first-order chi connectivity index (χ1) is 7.70. The van der Waals surface area contributed by atoms with E-state index in [0.717, 1.165) is 12.8 Å². The van der Waals surface area contributed by atoms with Crippen LogP contribution in [0.25, 0.3) is 0 Å². The number of unbranched alkanes of at least 4 members (excludes halogenated alkanes) is 5. The smallest absolute Gasteiger partial charge is 0.328 e. The van der Waals surface area contributed by atoms with E-state index < -0.39 is 8.60 Å². The Morgan fingerprint density at radius 2 is 1.69 bits per heavy atom. The van der Waals surface area contributed by atoms with Crippen molar-refractivity contribution >= 4 is 8.60 Å². The van der Waals surface area contributed by atoms with Crippen molar-refractivity contribution in [2.45, 2.75) is 71.8 Å². The van der Waals surface area contributed by atoms with Crippen LogP contribution in [-0.2, 0) is 9.05 Å². The van der Waals surface area contributed by atoms with Crippen LogP contribution in [0.3, 0.4) is 0 Å². The molecule has 3 nitrogen and oxygen atoms in total. The minimum atomic E-state index is -1.65. The third-order valence-corrected chi connectivity index (χ3v) is 3.49. The average Bonchev–Trinajstić information content (AvgIpc) is 2.27. The molecule has 2 unspecified atom stereocenters. The Balaban J connectivity index is 3.18. The molecule has 0 spiro atoms. The Morgan fingerprint density at radius 1 is 1.06 bits per heavy atom. The molecule has 0 bridgehead atoms. The molecule has 0 aliphatic rings. The van der Waals surface area contributed by atoms with Crippen molar-refractivity contribution in [1.82, 2.24) is 0 Å². The van der Waals surface area contributed by atoms with Gasteiger partial charge in [0.1, 0.15) is 0 Å². The van der Waals surface area contributed by atoms with Crippen LogP contribution in [0.5, 0.6) is 0 Å². The Hall–Kier alpha value is 0.310. The fourth-order valence-corrected chi connectivity index (χ4v) is 2.09. The predicted molar refractivity (Wildman–Crippen MR) is 69.3 cm³/mol. The first-order valence-corrected chi connectivity index (χ1v) is 7.62. The van der Waals surface area contributed by atoms with Gasteiger partial charge in [0, 0.05) is 0 Å². The summed E-state index contributed by atoms with van der Waals surface area (Å²) in [5.41, 5.74) is 0. The van der Waals surface area contributed by atoms with Crippen LogP contribution in [0.2, 0.25) is 0 Å². The zero-order valence-electron chi connectivity index (χ0n) is 10.9. The van der Waals surface area contributed by atoms with Crippen LogP contribution in [0.4, 0.5) is 0 Å². The van der Waals surface area contributed by atoms with E-state index in [0.29, 0.717) is 6.61 Å². The van der Waals surface area contributed by atoms with Gasteiger partial charge in [-0.1, -0.05) is 46.0 Å². The van der Waals surface area contributed by atoms with E-state index in [1.165, 1.54) is 32.1 Å². The minimum Gasteiger partial charge on any atom is -0.328 e. The SMILES string of the molecule is CCCCCCCCOP(O)OC(C)CC. The maximum atomic E-state index is 9.41. The number of rotatable bonds is 11. The summed E-state index contributed by atoms with van der Waals surface area (Å²) < 4.78 is 10.5. The molecule has 0 saturated heterocycles. The highest BCUT2D eigenvalue weighted by Gasteiger charge is 2.10. The molecule has 0 aliphatic carbocycles. The van der Waals surface area contributed by atoms with E-state index in [-0.39, 0.29) is 6.10 Å². The van der Waals surface area contributed by atoms with Gasteiger partial charge in [-0.2, -0.15) is 0 Å². The molecule has 0 aliphatic heterocycles. The standard InChI is InChI=1S/C12H27O3P/c1-4-6-7-8-9-10-11-14-16(13)15-12(3)5-2/h12-13H,4-11H2,1-3H3. The van der Waals surface area contributed by atoms with Crippen LogP contribution in [0, 0.1) is 0 Å². The lowest BCUT2D eigenvalue weighted by Gasteiger charge is -2.14. The van der Waals surface area contributed by atoms with Crippen LogP contribution >= 0.6 is 8.60 Å². The maximum absolute atomic E-state index is 9.41. The van der Waals surface area contributed by atoms with Crippen LogP contribution in [0.1, 0.15) is 65.7 Å². The molecule has 2 atom stereocenters. The molecule has 16 heavy (non-hydrogen) atoms. The fraction of sp³-hybridized carbons (Fsp3) is 1.00. The molecule has 1 N–H and O–H groups in total. The molecule has 0 aromatic carbocycles. The zero-order valence-corrected chi connectivity index (χ0v) is 11.8. The first kappa shape index (κ1) is 16.3. The third-order valence-electron chi connectivity index (χ3n) is 2.54. The third kappa shape index (κ3) is 10.8. The van der Waals surface area contributed by atoms with E-state index >= 15 is 0 Å². The van der Waals surface area contributed by atoms with Gasteiger partial charge in [-0.05, 0) is 19.8 Å². The predicted octanol–water partition coefficient (Wildman–Crippen LogP) is 4.40. The van der Waals surface area contributed by atoms with Crippen LogP contribution in [-0.4, -0.2) is 17.6 Å². The summed E-state index contributed by atoms with van der Waals surface area (Å²) in [6, 6.07) is 0. The average molecular weight is 250 g/mol. The summed E-state index contributed by atoms with van der Waals surface area (Å²) in [6.45, 7) is 6.81. The zero-order chi connectivity index (χ0) is 12.2. The monoisotopic (exact) mass is 250 g/mol. The van der Waals surface area contributed by atoms with Crippen LogP contribution < -0.4 is 0 Å². The summed E-state index contributed by atoms with van der Waals surface area (Å²) in [6.07, 6.45) is 8.38. The maximum Gasteiger partial charge on any atom is 0.330 e. The highest BCUT2D eigenvalue weighted by Crippen LogP contribution is 2.35. The van der Waals surface area contributed by atoms with Crippen molar-refractivity contribution in [3.8, 4) is 0 Å². The van der Waals surface area contributed by atoms with Gasteiger partial charge in [0.25, 0.3) is 0 Å². The molecule has 0 rings (SSSR count). The van der Waals surface area contributed by atoms with Gasteiger partial charge in [-0.3, -0.25) is 0 Å². The van der Waals surface area contributed by atoms with Crippen molar-refractivity contribution in [2.24, 2.45) is 0 Å². The minimum absolute atomic E-state index is 0.0839. The summed E-state index contributed by atoms with van der Waals surface area (Å²) in [4.78, 5) is 9.41. The molecular weight excluding hydrogens is 223 g/mol. The molecule has 0 saturated carbocycles. The van der Waals surface area contributed by atoms with Crippen molar-refractivity contribution in [2.75, 3.05) is 6.61 Å². The second kappa shape index (κ2) is 11.8. The molecular formula is C12H27O3P. The first-order valence-electron chi connectivity index (χ1n) is 6.49. The van der Waals surface area contributed by atoms with Crippen molar-refractivity contribution in [1.29, 1.82) is 0 Å². The largest absolute Gasteiger partial charge is 0.330 e. The van der Waals surface area contributed by atoms with Gasteiger partial charge >= 0.3 is 8.60 Å². The van der Waals surface area contributed by atoms with E-state index in [4.69, 9.17) is 9.05 Å². The van der Waals surface area contributed by atoms with E-state index in [2.05, 4.69) is 6.92 Å². The Kier molecular flexibility index (Phi) is 12.0.